The minimum atomic E-state index is -1.15. The van der Waals surface area contributed by atoms with Gasteiger partial charge < -0.3 is 21.3 Å². The number of carbonyl (C=O) groups excluding carboxylic acids is 2. The van der Waals surface area contributed by atoms with Crippen LogP contribution in [0.5, 0.6) is 0 Å². The molecule has 2 aliphatic heterocycles. The molecule has 2 aliphatic rings. The molecule has 0 spiro atoms. The summed E-state index contributed by atoms with van der Waals surface area (Å²) in [6.07, 6.45) is 4.79. The summed E-state index contributed by atoms with van der Waals surface area (Å²) in [5.74, 6) is -1.80. The van der Waals surface area contributed by atoms with Gasteiger partial charge in [0.05, 0.1) is 5.75 Å². The largest absolute Gasteiger partial charge is 0.480 e. The summed E-state index contributed by atoms with van der Waals surface area (Å²) in [6.45, 7) is 4.61. The first-order chi connectivity index (χ1) is 19.5. The number of nitrogens with zero attached hydrogens (tertiary/aromatic N) is 2. The van der Waals surface area contributed by atoms with Gasteiger partial charge in [0.25, 0.3) is 5.91 Å². The molecule has 10 nitrogen and oxygen atoms in total. The van der Waals surface area contributed by atoms with Crippen LogP contribution in [0.1, 0.15) is 24.0 Å². The van der Waals surface area contributed by atoms with Crippen LogP contribution in [0.2, 0.25) is 0 Å². The monoisotopic (exact) mass is 617 g/mol. The molecule has 1 saturated heterocycles. The van der Waals surface area contributed by atoms with Crippen molar-refractivity contribution >= 4 is 59.0 Å². The highest BCUT2D eigenvalue weighted by Gasteiger charge is 2.54. The standard InChI is InChI=1S/C28H32N4O6S3/c1-16-5-6-17(2)21(12-16)40-15-22(33)30-23-25(34)32-24(28(37)38)18(14-41-26(23)32)13-39-19-7-10-31(11-8-19)9-3-4-20(29)27(35)36/h5-8,10-12,20,23,26H,3-4,9,13-15,29H2,1-2H3,(H2-,30,33,35,36,37,38)/p+1/t20-,23-,26+/m0/s1. The van der Waals surface area contributed by atoms with E-state index in [0.717, 1.165) is 20.9 Å². The van der Waals surface area contributed by atoms with Gasteiger partial charge in [0, 0.05) is 39.9 Å². The lowest BCUT2D eigenvalue weighted by molar-refractivity contribution is -0.697. The van der Waals surface area contributed by atoms with Crippen LogP contribution in [-0.4, -0.2) is 73.6 Å². The average molecular weight is 618 g/mol. The minimum absolute atomic E-state index is 0.00211. The molecule has 2 amide bonds. The van der Waals surface area contributed by atoms with E-state index in [-0.39, 0.29) is 17.4 Å². The lowest BCUT2D eigenvalue weighted by Crippen LogP contribution is -2.70. The number of nitrogens with one attached hydrogen (secondary N) is 1. The molecule has 3 heterocycles. The van der Waals surface area contributed by atoms with Crippen LogP contribution in [0.3, 0.4) is 0 Å². The summed E-state index contributed by atoms with van der Waals surface area (Å²) in [4.78, 5) is 51.9. The second-order valence-corrected chi connectivity index (χ2v) is 13.1. The van der Waals surface area contributed by atoms with Crippen molar-refractivity contribution in [2.24, 2.45) is 5.73 Å². The summed E-state index contributed by atoms with van der Waals surface area (Å²) in [6, 6.07) is 8.27. The van der Waals surface area contributed by atoms with E-state index in [2.05, 4.69) is 5.32 Å². The fourth-order valence-electron chi connectivity index (χ4n) is 4.49. The molecule has 41 heavy (non-hydrogen) atoms. The molecule has 1 aromatic carbocycles. The van der Waals surface area contributed by atoms with Crippen molar-refractivity contribution in [3.8, 4) is 0 Å². The SMILES string of the molecule is Cc1ccc(C)c(SCC(=O)N[C@H]2C(=O)N3C(C(=O)O)=C(CSc4cc[n+](CCC[C@H](N)C(=O)O)cc4)CS[C@H]23)c1. The average Bonchev–Trinajstić information content (AvgIpc) is 2.95. The molecule has 0 saturated carbocycles. The van der Waals surface area contributed by atoms with Crippen molar-refractivity contribution in [2.75, 3.05) is 17.3 Å². The quantitative estimate of drug-likeness (QED) is 0.150. The number of benzene rings is 1. The van der Waals surface area contributed by atoms with Crippen LogP contribution in [0.25, 0.3) is 0 Å². The fourth-order valence-corrected chi connectivity index (χ4v) is 7.80. The number of thioether (sulfide) groups is 3. The van der Waals surface area contributed by atoms with Crippen LogP contribution in [0, 0.1) is 13.8 Å². The first kappa shape index (κ1) is 30.9. The predicted octanol–water partition coefficient (Wildman–Crippen LogP) is 2.41. The fraction of sp³-hybridized carbons (Fsp3) is 0.393. The van der Waals surface area contributed by atoms with Crippen LogP contribution >= 0.6 is 35.3 Å². The van der Waals surface area contributed by atoms with Gasteiger partial charge in [0.15, 0.2) is 12.4 Å². The summed E-state index contributed by atoms with van der Waals surface area (Å²) in [5, 5.41) is 21.2. The molecule has 13 heteroatoms. The molecule has 0 radical (unpaired) electrons. The number of amides is 2. The Morgan fingerprint density at radius 1 is 1.17 bits per heavy atom. The third-order valence-corrected chi connectivity index (χ3v) is 10.4. The number of aliphatic carboxylic acids is 2. The van der Waals surface area contributed by atoms with E-state index in [4.69, 9.17) is 10.8 Å². The van der Waals surface area contributed by atoms with Crippen molar-refractivity contribution in [1.82, 2.24) is 10.2 Å². The number of hydrogen-bond acceptors (Lipinski definition) is 8. The number of hydrogen-bond donors (Lipinski definition) is 4. The number of aromatic nitrogens is 1. The van der Waals surface area contributed by atoms with Crippen LogP contribution in [0.4, 0.5) is 0 Å². The molecule has 0 bridgehead atoms. The van der Waals surface area contributed by atoms with E-state index in [9.17, 15) is 24.3 Å². The lowest BCUT2D eigenvalue weighted by atomic mass is 10.0. The highest BCUT2D eigenvalue weighted by molar-refractivity contribution is 8.01. The molecule has 3 atom stereocenters. The Hall–Kier alpha value is -3.00. The number of nitrogens with two attached hydrogens (primary N) is 1. The van der Waals surface area contributed by atoms with E-state index < -0.39 is 35.3 Å². The Kier molecular flexibility index (Phi) is 10.4. The van der Waals surface area contributed by atoms with E-state index in [1.807, 2.05) is 61.1 Å². The van der Waals surface area contributed by atoms with Crippen LogP contribution in [-0.2, 0) is 25.7 Å². The molecule has 4 rings (SSSR count). The van der Waals surface area contributed by atoms with Gasteiger partial charge in [-0.25, -0.2) is 9.36 Å². The second kappa shape index (κ2) is 13.8. The van der Waals surface area contributed by atoms with E-state index in [0.29, 0.717) is 36.5 Å². The van der Waals surface area contributed by atoms with Gasteiger partial charge in [0.2, 0.25) is 5.91 Å². The maximum atomic E-state index is 13.0. The number of carboxylic acid groups (broad SMARTS) is 2. The Morgan fingerprint density at radius 2 is 1.90 bits per heavy atom. The molecule has 5 N–H and O–H groups in total. The van der Waals surface area contributed by atoms with Gasteiger partial charge in [-0.1, -0.05) is 17.7 Å². The molecule has 0 unspecified atom stereocenters. The number of rotatable bonds is 13. The number of pyridine rings is 1. The van der Waals surface area contributed by atoms with Gasteiger partial charge >= 0.3 is 11.9 Å². The smallest absolute Gasteiger partial charge is 0.352 e. The van der Waals surface area contributed by atoms with Crippen molar-refractivity contribution in [3.05, 3.63) is 65.1 Å². The van der Waals surface area contributed by atoms with E-state index in [1.165, 1.54) is 40.2 Å². The summed E-state index contributed by atoms with van der Waals surface area (Å²) in [7, 11) is 0. The molecule has 1 aromatic heterocycles. The van der Waals surface area contributed by atoms with Crippen molar-refractivity contribution < 1.29 is 34.0 Å². The van der Waals surface area contributed by atoms with Gasteiger partial charge in [-0.2, -0.15) is 0 Å². The van der Waals surface area contributed by atoms with E-state index in [1.54, 1.807) is 0 Å². The molecule has 218 valence electrons. The number of carbonyl (C=O) groups is 4. The maximum absolute atomic E-state index is 13.0. The maximum Gasteiger partial charge on any atom is 0.352 e. The molecular weight excluding hydrogens is 585 g/mol. The Balaban J connectivity index is 1.31. The topological polar surface area (TPSA) is 154 Å². The third-order valence-electron chi connectivity index (χ3n) is 6.79. The van der Waals surface area contributed by atoms with Gasteiger partial charge in [-0.3, -0.25) is 19.3 Å². The predicted molar refractivity (Wildman–Crippen MR) is 159 cm³/mol. The third kappa shape index (κ3) is 7.64. The van der Waals surface area contributed by atoms with Crippen LogP contribution < -0.4 is 15.6 Å². The summed E-state index contributed by atoms with van der Waals surface area (Å²) >= 11 is 4.35. The lowest BCUT2D eigenvalue weighted by Gasteiger charge is -2.49. The van der Waals surface area contributed by atoms with Crippen molar-refractivity contribution in [3.63, 3.8) is 0 Å². The van der Waals surface area contributed by atoms with Crippen molar-refractivity contribution in [2.45, 2.75) is 60.5 Å². The number of fused-ring (bicyclic) bond motifs is 1. The summed E-state index contributed by atoms with van der Waals surface area (Å²) in [5.41, 5.74) is 8.39. The zero-order valence-electron chi connectivity index (χ0n) is 22.7. The normalized spacial score (nSPS) is 18.9. The minimum Gasteiger partial charge on any atom is -0.480 e. The first-order valence-electron chi connectivity index (χ1n) is 13.0. The van der Waals surface area contributed by atoms with Gasteiger partial charge in [0.1, 0.15) is 29.7 Å². The highest BCUT2D eigenvalue weighted by atomic mass is 32.2. The van der Waals surface area contributed by atoms with Crippen molar-refractivity contribution in [1.29, 1.82) is 0 Å². The number of aryl methyl sites for hydroxylation is 3. The Labute approximate surface area is 251 Å². The van der Waals surface area contributed by atoms with Crippen LogP contribution in [0.15, 0.2) is 63.8 Å². The summed E-state index contributed by atoms with van der Waals surface area (Å²) < 4.78 is 1.94. The Bertz CT molecular complexity index is 1370. The first-order valence-corrected chi connectivity index (χ1v) is 16.1. The number of β-lactam (4-membered cyclic amide) rings is 1. The van der Waals surface area contributed by atoms with E-state index >= 15 is 0 Å². The highest BCUT2D eigenvalue weighted by Crippen LogP contribution is 2.41. The van der Waals surface area contributed by atoms with Gasteiger partial charge in [-0.15, -0.1) is 35.3 Å². The molecular formula is C28H33N4O6S3+. The second-order valence-electron chi connectivity index (χ2n) is 9.92. The zero-order chi connectivity index (χ0) is 29.7. The molecule has 0 aliphatic carbocycles. The Morgan fingerprint density at radius 3 is 2.59 bits per heavy atom. The zero-order valence-corrected chi connectivity index (χ0v) is 25.2. The molecule has 2 aromatic rings. The molecule has 1 fully saturated rings. The van der Waals surface area contributed by atoms with Gasteiger partial charge in [-0.05, 0) is 37.5 Å². The number of carboxylic acids is 2.